The maximum absolute atomic E-state index is 13.0. The molecule has 6 nitrogen and oxygen atoms in total. The van der Waals surface area contributed by atoms with E-state index in [1.54, 1.807) is 12.1 Å². The van der Waals surface area contributed by atoms with Crippen molar-refractivity contribution < 1.29 is 4.39 Å². The Morgan fingerprint density at radius 1 is 1.19 bits per heavy atom. The van der Waals surface area contributed by atoms with Gasteiger partial charge in [-0.3, -0.25) is 19.7 Å². The van der Waals surface area contributed by atoms with Gasteiger partial charge in [-0.25, -0.2) is 9.37 Å². The highest BCUT2D eigenvalue weighted by atomic mass is 19.1. The van der Waals surface area contributed by atoms with Gasteiger partial charge in [0, 0.05) is 37.8 Å². The van der Waals surface area contributed by atoms with Crippen LogP contribution in [0.4, 0.5) is 10.3 Å². The number of benzene rings is 1. The summed E-state index contributed by atoms with van der Waals surface area (Å²) in [5, 5.41) is 0. The number of nitrogens with zero attached hydrogens (tertiary/aromatic N) is 3. The summed E-state index contributed by atoms with van der Waals surface area (Å²) >= 11 is 0. The van der Waals surface area contributed by atoms with Crippen LogP contribution in [0.5, 0.6) is 0 Å². The molecule has 7 heteroatoms. The summed E-state index contributed by atoms with van der Waals surface area (Å²) in [6.45, 7) is 2.04. The van der Waals surface area contributed by atoms with Crippen molar-refractivity contribution >= 4 is 5.95 Å². The number of fused-ring (bicyclic) bond motifs is 1. The fraction of sp³-hybridized carbons (Fsp3) is 0.211. The average molecular weight is 351 g/mol. The van der Waals surface area contributed by atoms with Gasteiger partial charge < -0.3 is 5.73 Å². The summed E-state index contributed by atoms with van der Waals surface area (Å²) in [7, 11) is 0. The highest BCUT2D eigenvalue weighted by Crippen LogP contribution is 2.20. The van der Waals surface area contributed by atoms with Gasteiger partial charge in [-0.05, 0) is 35.9 Å². The highest BCUT2D eigenvalue weighted by Gasteiger charge is 2.20. The SMILES string of the molecule is Nc1nc2c(c(=O)[nH]1)CN(Cc1ccc(-c3ccc(F)cc3)nc1)CC2. The Kier molecular flexibility index (Phi) is 4.22. The van der Waals surface area contributed by atoms with Crippen molar-refractivity contribution in [2.45, 2.75) is 19.5 Å². The number of aromatic amines is 1. The molecule has 0 atom stereocenters. The number of hydrogen-bond donors (Lipinski definition) is 2. The number of rotatable bonds is 3. The summed E-state index contributed by atoms with van der Waals surface area (Å²) in [5.41, 5.74) is 9.63. The van der Waals surface area contributed by atoms with E-state index in [1.807, 2.05) is 18.3 Å². The molecule has 0 spiro atoms. The molecule has 0 radical (unpaired) electrons. The second-order valence-electron chi connectivity index (χ2n) is 6.40. The van der Waals surface area contributed by atoms with Crippen LogP contribution in [-0.4, -0.2) is 26.4 Å². The zero-order chi connectivity index (χ0) is 18.1. The minimum Gasteiger partial charge on any atom is -0.369 e. The van der Waals surface area contributed by atoms with Gasteiger partial charge >= 0.3 is 0 Å². The summed E-state index contributed by atoms with van der Waals surface area (Å²) in [6, 6.07) is 10.2. The molecule has 26 heavy (non-hydrogen) atoms. The summed E-state index contributed by atoms with van der Waals surface area (Å²) in [4.78, 5) is 25.5. The lowest BCUT2D eigenvalue weighted by molar-refractivity contribution is 0.241. The molecule has 3 aromatic rings. The van der Waals surface area contributed by atoms with Crippen molar-refractivity contribution in [1.29, 1.82) is 0 Å². The van der Waals surface area contributed by atoms with Crippen LogP contribution in [0.2, 0.25) is 0 Å². The number of aromatic nitrogens is 3. The molecule has 0 unspecified atom stereocenters. The lowest BCUT2D eigenvalue weighted by Gasteiger charge is -2.27. The van der Waals surface area contributed by atoms with Crippen molar-refractivity contribution in [3.63, 3.8) is 0 Å². The molecular weight excluding hydrogens is 333 g/mol. The fourth-order valence-electron chi connectivity index (χ4n) is 3.20. The number of nitrogens with one attached hydrogen (secondary N) is 1. The molecule has 1 aromatic carbocycles. The molecule has 0 saturated heterocycles. The minimum atomic E-state index is -0.262. The van der Waals surface area contributed by atoms with E-state index in [0.717, 1.165) is 29.1 Å². The first-order valence-corrected chi connectivity index (χ1v) is 8.39. The molecule has 0 bridgehead atoms. The van der Waals surface area contributed by atoms with Crippen molar-refractivity contribution in [3.8, 4) is 11.3 Å². The molecule has 0 amide bonds. The Hall–Kier alpha value is -3.06. The molecular formula is C19H18FN5O. The molecule has 1 aliphatic rings. The average Bonchev–Trinajstić information content (AvgIpc) is 2.64. The number of nitrogens with two attached hydrogens (primary N) is 1. The Morgan fingerprint density at radius 2 is 2.00 bits per heavy atom. The first-order chi connectivity index (χ1) is 12.6. The molecule has 132 valence electrons. The molecule has 0 saturated carbocycles. The third kappa shape index (κ3) is 3.34. The molecule has 3 heterocycles. The van der Waals surface area contributed by atoms with Gasteiger partial charge in [0.05, 0.1) is 17.0 Å². The summed E-state index contributed by atoms with van der Waals surface area (Å²) in [5.74, 6) is -0.0928. The van der Waals surface area contributed by atoms with Crippen LogP contribution in [0.15, 0.2) is 47.4 Å². The second kappa shape index (κ2) is 6.68. The standard InChI is InChI=1S/C19H18FN5O/c20-14-4-2-13(3-5-14)16-6-1-12(9-22-16)10-25-8-7-17-15(11-25)18(26)24-19(21)23-17/h1-6,9H,7-8,10-11H2,(H3,21,23,24,26). The summed E-state index contributed by atoms with van der Waals surface area (Å²) < 4.78 is 13.0. The molecule has 4 rings (SSSR count). The van der Waals surface area contributed by atoms with E-state index in [4.69, 9.17) is 5.73 Å². The van der Waals surface area contributed by atoms with Crippen LogP contribution < -0.4 is 11.3 Å². The van der Waals surface area contributed by atoms with Crippen LogP contribution in [0.1, 0.15) is 16.8 Å². The van der Waals surface area contributed by atoms with Gasteiger partial charge in [0.25, 0.3) is 5.56 Å². The van der Waals surface area contributed by atoms with Crippen LogP contribution >= 0.6 is 0 Å². The van der Waals surface area contributed by atoms with E-state index in [9.17, 15) is 9.18 Å². The molecule has 2 aromatic heterocycles. The van der Waals surface area contributed by atoms with E-state index in [2.05, 4.69) is 19.9 Å². The Balaban J connectivity index is 1.48. The molecule has 1 aliphatic heterocycles. The van der Waals surface area contributed by atoms with E-state index in [-0.39, 0.29) is 17.3 Å². The first-order valence-electron chi connectivity index (χ1n) is 8.39. The monoisotopic (exact) mass is 351 g/mol. The number of pyridine rings is 1. The lowest BCUT2D eigenvalue weighted by atomic mass is 10.1. The zero-order valence-corrected chi connectivity index (χ0v) is 14.1. The van der Waals surface area contributed by atoms with Crippen LogP contribution in [0.3, 0.4) is 0 Å². The summed E-state index contributed by atoms with van der Waals surface area (Å²) in [6.07, 6.45) is 2.52. The third-order valence-corrected chi connectivity index (χ3v) is 4.54. The highest BCUT2D eigenvalue weighted by molar-refractivity contribution is 5.58. The van der Waals surface area contributed by atoms with Crippen molar-refractivity contribution in [2.75, 3.05) is 12.3 Å². The normalized spacial score (nSPS) is 14.2. The van der Waals surface area contributed by atoms with Crippen molar-refractivity contribution in [3.05, 3.63) is 75.6 Å². The third-order valence-electron chi connectivity index (χ3n) is 4.54. The van der Waals surface area contributed by atoms with Gasteiger partial charge in [0.2, 0.25) is 5.95 Å². The predicted octanol–water partition coefficient (Wildman–Crippen LogP) is 2.11. The number of nitrogen functional groups attached to an aromatic ring is 1. The van der Waals surface area contributed by atoms with Gasteiger partial charge in [0.15, 0.2) is 0 Å². The molecule has 0 aliphatic carbocycles. The van der Waals surface area contributed by atoms with Crippen molar-refractivity contribution in [2.24, 2.45) is 0 Å². The van der Waals surface area contributed by atoms with Gasteiger partial charge in [-0.1, -0.05) is 6.07 Å². The maximum atomic E-state index is 13.0. The van der Waals surface area contributed by atoms with Gasteiger partial charge in [-0.15, -0.1) is 0 Å². The van der Waals surface area contributed by atoms with E-state index in [0.29, 0.717) is 25.1 Å². The van der Waals surface area contributed by atoms with E-state index >= 15 is 0 Å². The van der Waals surface area contributed by atoms with Gasteiger partial charge in [0.1, 0.15) is 5.82 Å². The Labute approximate surface area is 149 Å². The lowest BCUT2D eigenvalue weighted by Crippen LogP contribution is -2.35. The smallest absolute Gasteiger partial charge is 0.257 e. The van der Waals surface area contributed by atoms with Crippen molar-refractivity contribution in [1.82, 2.24) is 19.9 Å². The Bertz CT molecular complexity index is 982. The fourth-order valence-corrected chi connectivity index (χ4v) is 3.20. The number of anilines is 1. The quantitative estimate of drug-likeness (QED) is 0.755. The first kappa shape index (κ1) is 16.4. The van der Waals surface area contributed by atoms with Crippen LogP contribution in [0, 0.1) is 5.82 Å². The van der Waals surface area contributed by atoms with Crippen LogP contribution in [-0.2, 0) is 19.5 Å². The number of hydrogen-bond acceptors (Lipinski definition) is 5. The van der Waals surface area contributed by atoms with Crippen LogP contribution in [0.25, 0.3) is 11.3 Å². The minimum absolute atomic E-state index is 0.165. The number of H-pyrrole nitrogens is 1. The predicted molar refractivity (Wildman–Crippen MR) is 96.7 cm³/mol. The number of halogens is 1. The Morgan fingerprint density at radius 3 is 2.73 bits per heavy atom. The maximum Gasteiger partial charge on any atom is 0.257 e. The van der Waals surface area contributed by atoms with E-state index < -0.39 is 0 Å². The second-order valence-corrected chi connectivity index (χ2v) is 6.40. The molecule has 0 fully saturated rings. The largest absolute Gasteiger partial charge is 0.369 e. The topological polar surface area (TPSA) is 87.9 Å². The molecule has 3 N–H and O–H groups in total. The van der Waals surface area contributed by atoms with Gasteiger partial charge in [-0.2, -0.15) is 0 Å². The van der Waals surface area contributed by atoms with E-state index in [1.165, 1.54) is 12.1 Å². The zero-order valence-electron chi connectivity index (χ0n) is 14.1.